The van der Waals surface area contributed by atoms with Gasteiger partial charge in [0.15, 0.2) is 5.79 Å². The zero-order valence-electron chi connectivity index (χ0n) is 21.7. The number of carbonyl (C=O) groups is 1. The number of ketones is 1. The van der Waals surface area contributed by atoms with Crippen LogP contribution in [0.25, 0.3) is 0 Å². The predicted octanol–water partition coefficient (Wildman–Crippen LogP) is 6.71. The molecule has 0 bridgehead atoms. The number of aliphatic hydroxyl groups is 1. The first-order chi connectivity index (χ1) is 16.6. The molecule has 4 aliphatic carbocycles. The quantitative estimate of drug-likeness (QED) is 0.352. The first kappa shape index (κ1) is 24.8. The Labute approximate surface area is 210 Å². The number of fused-ring (bicyclic) bond motifs is 5. The van der Waals surface area contributed by atoms with Crippen molar-refractivity contribution in [3.05, 3.63) is 54.1 Å². The smallest absolute Gasteiger partial charge is 0.169 e. The van der Waals surface area contributed by atoms with Crippen LogP contribution < -0.4 is 0 Å². The zero-order chi connectivity index (χ0) is 25.1. The number of allylic oxidation sites excluding steroid dienone is 2. The fourth-order valence-electron chi connectivity index (χ4n) is 8.99. The van der Waals surface area contributed by atoms with E-state index >= 15 is 0 Å². The topological polar surface area (TPSA) is 66.8 Å². The fourth-order valence-corrected chi connectivity index (χ4v) is 8.99. The monoisotopic (exact) mass is 478 g/mol. The van der Waals surface area contributed by atoms with Gasteiger partial charge in [-0.05, 0) is 98.1 Å². The highest BCUT2D eigenvalue weighted by atomic mass is 16.6. The fraction of sp³-hybridized carbons (Fsp3) is 0.645. The third kappa shape index (κ3) is 3.74. The van der Waals surface area contributed by atoms with Crippen LogP contribution in [0, 0.1) is 34.0 Å². The lowest BCUT2D eigenvalue weighted by Gasteiger charge is -2.60. The molecule has 4 aliphatic rings. The van der Waals surface area contributed by atoms with Crippen molar-refractivity contribution in [2.45, 2.75) is 91.0 Å². The first-order valence-corrected chi connectivity index (χ1v) is 13.5. The Kier molecular flexibility index (Phi) is 6.08. The van der Waals surface area contributed by atoms with E-state index in [9.17, 15) is 15.0 Å². The minimum Gasteiger partial charge on any atom is -0.508 e. The van der Waals surface area contributed by atoms with Crippen LogP contribution in [0.2, 0.25) is 0 Å². The van der Waals surface area contributed by atoms with Gasteiger partial charge in [0, 0.05) is 18.3 Å². The molecule has 0 aromatic heterocycles. The lowest BCUT2D eigenvalue weighted by Crippen LogP contribution is -2.55. The summed E-state index contributed by atoms with van der Waals surface area (Å²) in [5, 5.41) is 20.9. The molecule has 3 saturated carbocycles. The number of carbonyl (C=O) groups excluding carboxylic acids is 1. The molecule has 0 aliphatic heterocycles. The molecule has 3 fully saturated rings. The first-order valence-electron chi connectivity index (χ1n) is 13.5. The van der Waals surface area contributed by atoms with Gasteiger partial charge in [0.2, 0.25) is 0 Å². The maximum absolute atomic E-state index is 13.0. The second kappa shape index (κ2) is 8.59. The molecule has 2 N–H and O–H groups in total. The van der Waals surface area contributed by atoms with Crippen molar-refractivity contribution in [1.29, 1.82) is 0 Å². The Morgan fingerprint density at radius 1 is 1.11 bits per heavy atom. The summed E-state index contributed by atoms with van der Waals surface area (Å²) >= 11 is 0. The maximum atomic E-state index is 13.0. The SMILES string of the molecule is C=CC[C@]1(C(C)=O)CC[C@H]2[C@@H]3CC=C4CC(O)(OCc5ccc(O)cc5)CC[C@]4(C)[C@H]3CC[C@@]21C. The van der Waals surface area contributed by atoms with Gasteiger partial charge in [0.05, 0.1) is 6.61 Å². The molecule has 35 heavy (non-hydrogen) atoms. The van der Waals surface area contributed by atoms with Crippen molar-refractivity contribution >= 4 is 5.78 Å². The zero-order valence-corrected chi connectivity index (χ0v) is 21.7. The highest BCUT2D eigenvalue weighted by molar-refractivity contribution is 5.84. The van der Waals surface area contributed by atoms with Crippen LogP contribution in [0.4, 0.5) is 0 Å². The van der Waals surface area contributed by atoms with Crippen LogP contribution in [0.15, 0.2) is 48.6 Å². The largest absolute Gasteiger partial charge is 0.508 e. The summed E-state index contributed by atoms with van der Waals surface area (Å²) in [6.45, 7) is 11.0. The average molecular weight is 479 g/mol. The lowest BCUT2D eigenvalue weighted by atomic mass is 9.45. The lowest BCUT2D eigenvalue weighted by molar-refractivity contribution is -0.231. The van der Waals surface area contributed by atoms with Gasteiger partial charge in [0.25, 0.3) is 0 Å². The van der Waals surface area contributed by atoms with Crippen LogP contribution in [-0.2, 0) is 16.1 Å². The number of phenolic OH excluding ortho intramolecular Hbond substituents is 1. The van der Waals surface area contributed by atoms with Gasteiger partial charge in [-0.3, -0.25) is 4.79 Å². The van der Waals surface area contributed by atoms with Gasteiger partial charge in [-0.25, -0.2) is 0 Å². The molecule has 0 radical (unpaired) electrons. The van der Waals surface area contributed by atoms with E-state index < -0.39 is 5.79 Å². The summed E-state index contributed by atoms with van der Waals surface area (Å²) in [6.07, 6.45) is 12.8. The van der Waals surface area contributed by atoms with E-state index in [1.54, 1.807) is 12.1 Å². The van der Waals surface area contributed by atoms with E-state index in [0.29, 0.717) is 43.0 Å². The van der Waals surface area contributed by atoms with Gasteiger partial charge in [-0.1, -0.05) is 43.7 Å². The van der Waals surface area contributed by atoms with E-state index in [2.05, 4.69) is 26.5 Å². The number of phenols is 1. The highest BCUT2D eigenvalue weighted by Gasteiger charge is 2.65. The third-order valence-electron chi connectivity index (χ3n) is 11.1. The van der Waals surface area contributed by atoms with Crippen molar-refractivity contribution in [3.8, 4) is 5.75 Å². The molecule has 0 saturated heterocycles. The summed E-state index contributed by atoms with van der Waals surface area (Å²) in [7, 11) is 0. The van der Waals surface area contributed by atoms with Crippen LogP contribution in [-0.4, -0.2) is 21.8 Å². The second-order valence-corrected chi connectivity index (χ2v) is 12.5. The van der Waals surface area contributed by atoms with Gasteiger partial charge >= 0.3 is 0 Å². The molecule has 4 nitrogen and oxygen atoms in total. The standard InChI is InChI=1S/C31H42O4/c1-5-14-30(21(2)32)16-13-27-25-11-8-23-19-31(34,35-20-22-6-9-24(33)10-7-22)18-17-28(23,3)26(25)12-15-29(27,30)4/h5-10,25-27,33-34H,1,11-20H2,2-4H3/t25-,26+,27+,28+,29+,30-,31?/m1/s1. The second-order valence-electron chi connectivity index (χ2n) is 12.5. The highest BCUT2D eigenvalue weighted by Crippen LogP contribution is 2.70. The molecule has 5 rings (SSSR count). The van der Waals surface area contributed by atoms with Crippen molar-refractivity contribution in [2.24, 2.45) is 34.0 Å². The molecule has 0 amide bonds. The summed E-state index contributed by atoms with van der Waals surface area (Å²) in [4.78, 5) is 13.0. The van der Waals surface area contributed by atoms with Crippen molar-refractivity contribution < 1.29 is 19.7 Å². The number of hydrogen-bond acceptors (Lipinski definition) is 4. The molecule has 4 heteroatoms. The molecular weight excluding hydrogens is 436 g/mol. The Morgan fingerprint density at radius 2 is 1.83 bits per heavy atom. The van der Waals surface area contributed by atoms with Crippen LogP contribution >= 0.6 is 0 Å². The van der Waals surface area contributed by atoms with E-state index in [0.717, 1.165) is 50.5 Å². The van der Waals surface area contributed by atoms with Gasteiger partial charge in [-0.2, -0.15) is 0 Å². The minimum atomic E-state index is -1.14. The number of ether oxygens (including phenoxy) is 1. The van der Waals surface area contributed by atoms with E-state index in [-0.39, 0.29) is 22.0 Å². The van der Waals surface area contributed by atoms with E-state index in [4.69, 9.17) is 4.74 Å². The predicted molar refractivity (Wildman–Crippen MR) is 137 cm³/mol. The molecular formula is C31H42O4. The minimum absolute atomic E-state index is 0.0541. The molecule has 0 spiro atoms. The summed E-state index contributed by atoms with van der Waals surface area (Å²) in [5.41, 5.74) is 2.22. The van der Waals surface area contributed by atoms with Gasteiger partial charge in [-0.15, -0.1) is 6.58 Å². The number of Topliss-reactive ketones (excluding diaryl/α,β-unsaturated/α-hetero) is 1. The molecule has 7 atom stereocenters. The van der Waals surface area contributed by atoms with Crippen molar-refractivity contribution in [1.82, 2.24) is 0 Å². The van der Waals surface area contributed by atoms with Gasteiger partial charge < -0.3 is 14.9 Å². The van der Waals surface area contributed by atoms with Crippen LogP contribution in [0.5, 0.6) is 5.75 Å². The Bertz CT molecular complexity index is 1030. The normalized spacial score (nSPS) is 42.4. The number of rotatable bonds is 6. The number of hydrogen-bond donors (Lipinski definition) is 2. The molecule has 1 aromatic rings. The van der Waals surface area contributed by atoms with Gasteiger partial charge in [0.1, 0.15) is 11.5 Å². The van der Waals surface area contributed by atoms with Crippen LogP contribution in [0.1, 0.15) is 84.1 Å². The average Bonchev–Trinajstić information content (AvgIpc) is 3.13. The Hall–Kier alpha value is -1.91. The van der Waals surface area contributed by atoms with E-state index in [1.165, 1.54) is 5.57 Å². The van der Waals surface area contributed by atoms with Crippen molar-refractivity contribution in [2.75, 3.05) is 0 Å². The Balaban J connectivity index is 1.35. The van der Waals surface area contributed by atoms with Crippen molar-refractivity contribution in [3.63, 3.8) is 0 Å². The van der Waals surface area contributed by atoms with E-state index in [1.807, 2.05) is 25.1 Å². The number of benzene rings is 1. The molecule has 0 heterocycles. The molecule has 1 unspecified atom stereocenters. The molecule has 1 aromatic carbocycles. The summed E-state index contributed by atoms with van der Waals surface area (Å²) < 4.78 is 6.08. The van der Waals surface area contributed by atoms with Crippen LogP contribution in [0.3, 0.4) is 0 Å². The maximum Gasteiger partial charge on any atom is 0.169 e. The third-order valence-corrected chi connectivity index (χ3v) is 11.1. The summed E-state index contributed by atoms with van der Waals surface area (Å²) in [6, 6.07) is 6.98. The Morgan fingerprint density at radius 3 is 2.51 bits per heavy atom. The molecule has 190 valence electrons. The number of aromatic hydroxyl groups is 1. The summed E-state index contributed by atoms with van der Waals surface area (Å²) in [5.74, 6) is 1.24.